The van der Waals surface area contributed by atoms with E-state index < -0.39 is 11.2 Å². The molecule has 1 saturated carbocycles. The highest BCUT2D eigenvalue weighted by atomic mass is 16.6. The van der Waals surface area contributed by atoms with E-state index in [1.807, 2.05) is 49.5 Å². The van der Waals surface area contributed by atoms with E-state index in [9.17, 15) is 9.90 Å². The number of benzene rings is 1. The van der Waals surface area contributed by atoms with Gasteiger partial charge in [-0.25, -0.2) is 19.4 Å². The summed E-state index contributed by atoms with van der Waals surface area (Å²) in [7, 11) is 0. The van der Waals surface area contributed by atoms with E-state index >= 15 is 0 Å². The maximum Gasteiger partial charge on any atom is 0.410 e. The molecule has 1 aromatic carbocycles. The number of amides is 1. The second kappa shape index (κ2) is 8.41. The molecule has 2 saturated heterocycles. The molecule has 2 atom stereocenters. The Morgan fingerprint density at radius 1 is 1.11 bits per heavy atom. The number of aryl methyl sites for hydroxylation is 2. The van der Waals surface area contributed by atoms with E-state index in [0.29, 0.717) is 37.3 Å². The van der Waals surface area contributed by atoms with Gasteiger partial charge in [-0.2, -0.15) is 5.10 Å². The molecule has 37 heavy (non-hydrogen) atoms. The third-order valence-electron chi connectivity index (χ3n) is 8.00. The second-order valence-electron chi connectivity index (χ2n) is 12.1. The fourth-order valence-corrected chi connectivity index (χ4v) is 5.96. The van der Waals surface area contributed by atoms with Gasteiger partial charge in [0.05, 0.1) is 17.3 Å². The molecule has 2 aliphatic heterocycles. The summed E-state index contributed by atoms with van der Waals surface area (Å²) in [4.78, 5) is 25.9. The van der Waals surface area contributed by atoms with Crippen LogP contribution in [0.2, 0.25) is 0 Å². The summed E-state index contributed by atoms with van der Waals surface area (Å²) in [6.07, 6.45) is 4.35. The fraction of sp³-hybridized carbons (Fsp3) is 0.571. The summed E-state index contributed by atoms with van der Waals surface area (Å²) in [5, 5.41) is 16.3. The maximum atomic E-state index is 12.5. The van der Waals surface area contributed by atoms with Crippen molar-refractivity contribution in [1.82, 2.24) is 24.6 Å². The lowest BCUT2D eigenvalue weighted by Gasteiger charge is -2.34. The van der Waals surface area contributed by atoms with Gasteiger partial charge in [-0.1, -0.05) is 0 Å². The van der Waals surface area contributed by atoms with E-state index in [1.165, 1.54) is 11.1 Å². The maximum absolute atomic E-state index is 12.5. The number of likely N-dealkylation sites (tertiary alicyclic amines) is 1. The van der Waals surface area contributed by atoms with E-state index in [4.69, 9.17) is 14.8 Å². The summed E-state index contributed by atoms with van der Waals surface area (Å²) in [5.74, 6) is 2.98. The number of hydrogen-bond acceptors (Lipinski definition) is 7. The van der Waals surface area contributed by atoms with Crippen LogP contribution in [0, 0.1) is 19.8 Å². The number of piperidine rings is 2. The van der Waals surface area contributed by atoms with Crippen LogP contribution in [-0.4, -0.2) is 73.2 Å². The number of hydrogen-bond donors (Lipinski definition) is 1. The summed E-state index contributed by atoms with van der Waals surface area (Å²) < 4.78 is 7.47. The number of fused-ring (bicyclic) bond motifs is 2. The van der Waals surface area contributed by atoms with Gasteiger partial charge in [0.15, 0.2) is 5.82 Å². The summed E-state index contributed by atoms with van der Waals surface area (Å²) in [6.45, 7) is 12.6. The summed E-state index contributed by atoms with van der Waals surface area (Å²) in [5.41, 5.74) is 2.53. The van der Waals surface area contributed by atoms with Crippen LogP contribution in [0.3, 0.4) is 0 Å². The van der Waals surface area contributed by atoms with Crippen molar-refractivity contribution in [2.24, 2.45) is 5.92 Å². The number of nitrogens with zero attached hydrogens (tertiary/aromatic N) is 6. The van der Waals surface area contributed by atoms with Crippen LogP contribution in [0.4, 0.5) is 10.6 Å². The van der Waals surface area contributed by atoms with Crippen molar-refractivity contribution in [3.05, 3.63) is 41.3 Å². The molecule has 0 spiro atoms. The first-order valence-corrected chi connectivity index (χ1v) is 13.3. The largest absolute Gasteiger partial charge is 0.444 e. The van der Waals surface area contributed by atoms with E-state index in [-0.39, 0.29) is 6.09 Å². The zero-order valence-corrected chi connectivity index (χ0v) is 22.4. The molecule has 3 aliphatic rings. The highest BCUT2D eigenvalue weighted by Crippen LogP contribution is 2.50. The highest BCUT2D eigenvalue weighted by molar-refractivity contribution is 5.82. The SMILES string of the molecule is Cc1nc(N2CC3CC3(O)C2)cc(-n2ncc3cc(C)c(C4CCN(C(=O)OC(C)(C)C)CC4)cc32)n1. The van der Waals surface area contributed by atoms with Crippen molar-refractivity contribution in [2.45, 2.75) is 71.0 Å². The number of ether oxygens (including phenoxy) is 1. The van der Waals surface area contributed by atoms with Crippen LogP contribution < -0.4 is 4.90 Å². The molecule has 0 radical (unpaired) electrons. The van der Waals surface area contributed by atoms with E-state index in [1.54, 1.807) is 0 Å². The first-order valence-electron chi connectivity index (χ1n) is 13.3. The zero-order chi connectivity index (χ0) is 26.1. The van der Waals surface area contributed by atoms with Crippen molar-refractivity contribution in [1.29, 1.82) is 0 Å². The normalized spacial score (nSPS) is 24.0. The Morgan fingerprint density at radius 3 is 2.51 bits per heavy atom. The molecule has 2 unspecified atom stereocenters. The Hall–Kier alpha value is -3.20. The minimum atomic E-state index is -0.539. The Labute approximate surface area is 217 Å². The summed E-state index contributed by atoms with van der Waals surface area (Å²) >= 11 is 0. The minimum Gasteiger partial charge on any atom is -0.444 e. The number of β-amino-alcohol motifs (C(OH)–C–C–N with tert-alkyl or cyclic N) is 1. The lowest BCUT2D eigenvalue weighted by Crippen LogP contribution is -2.41. The van der Waals surface area contributed by atoms with Crippen LogP contribution in [-0.2, 0) is 4.74 Å². The molecule has 3 fully saturated rings. The molecule has 6 rings (SSSR count). The predicted molar refractivity (Wildman–Crippen MR) is 141 cm³/mol. The molecule has 9 heteroatoms. The monoisotopic (exact) mass is 504 g/mol. The fourth-order valence-electron chi connectivity index (χ4n) is 5.96. The first kappa shape index (κ1) is 24.2. The molecule has 0 bridgehead atoms. The van der Waals surface area contributed by atoms with Crippen LogP contribution in [0.15, 0.2) is 24.4 Å². The lowest BCUT2D eigenvalue weighted by molar-refractivity contribution is 0.0204. The topological polar surface area (TPSA) is 96.6 Å². The Balaban J connectivity index is 1.26. The molecule has 1 amide bonds. The van der Waals surface area contributed by atoms with Gasteiger partial charge in [-0.15, -0.1) is 0 Å². The molecule has 3 aromatic rings. The first-order chi connectivity index (χ1) is 17.5. The van der Waals surface area contributed by atoms with Crippen molar-refractivity contribution >= 4 is 22.8 Å². The van der Waals surface area contributed by atoms with Gasteiger partial charge in [0.1, 0.15) is 17.2 Å². The quantitative estimate of drug-likeness (QED) is 0.573. The molecule has 2 aromatic heterocycles. The van der Waals surface area contributed by atoms with Gasteiger partial charge in [-0.05, 0) is 83.1 Å². The third kappa shape index (κ3) is 4.54. The Morgan fingerprint density at radius 2 is 1.84 bits per heavy atom. The number of aliphatic hydroxyl groups is 1. The average Bonchev–Trinajstić information content (AvgIpc) is 3.12. The van der Waals surface area contributed by atoms with Crippen molar-refractivity contribution in [3.8, 4) is 5.82 Å². The molecule has 9 nitrogen and oxygen atoms in total. The van der Waals surface area contributed by atoms with Crippen molar-refractivity contribution < 1.29 is 14.6 Å². The number of anilines is 1. The van der Waals surface area contributed by atoms with Gasteiger partial charge < -0.3 is 19.6 Å². The molecule has 1 aliphatic carbocycles. The van der Waals surface area contributed by atoms with Gasteiger partial charge in [0.2, 0.25) is 0 Å². The molecule has 196 valence electrons. The van der Waals surface area contributed by atoms with Gasteiger partial charge in [-0.3, -0.25) is 0 Å². The van der Waals surface area contributed by atoms with Crippen molar-refractivity contribution in [3.63, 3.8) is 0 Å². The van der Waals surface area contributed by atoms with Crippen molar-refractivity contribution in [2.75, 3.05) is 31.1 Å². The van der Waals surface area contributed by atoms with Gasteiger partial charge in [0, 0.05) is 43.5 Å². The lowest BCUT2D eigenvalue weighted by atomic mass is 9.86. The van der Waals surface area contributed by atoms with Crippen LogP contribution >= 0.6 is 0 Å². The van der Waals surface area contributed by atoms with E-state index in [2.05, 4.69) is 28.9 Å². The number of carbonyl (C=O) groups excluding carboxylic acids is 1. The summed E-state index contributed by atoms with van der Waals surface area (Å²) in [6, 6.07) is 6.43. The van der Waals surface area contributed by atoms with Gasteiger partial charge in [0.25, 0.3) is 0 Å². The molecule has 1 N–H and O–H groups in total. The van der Waals surface area contributed by atoms with Crippen LogP contribution in [0.5, 0.6) is 0 Å². The number of carbonyl (C=O) groups is 1. The van der Waals surface area contributed by atoms with E-state index in [0.717, 1.165) is 48.3 Å². The minimum absolute atomic E-state index is 0.228. The third-order valence-corrected chi connectivity index (χ3v) is 8.00. The standard InChI is InChI=1S/C28H36N6O3/c1-17-10-20-14-29-34(25-12-24(30-18(2)31-25)33-15-21-13-28(21,36)16-33)23(20)11-22(17)19-6-8-32(9-7-19)26(35)37-27(3,4)5/h10-12,14,19,21,36H,6-9,13,15-16H2,1-5H3. The Kier molecular flexibility index (Phi) is 5.49. The molecular weight excluding hydrogens is 468 g/mol. The van der Waals surface area contributed by atoms with Crippen LogP contribution in [0.25, 0.3) is 16.7 Å². The highest BCUT2D eigenvalue weighted by Gasteiger charge is 2.59. The van der Waals surface area contributed by atoms with Gasteiger partial charge >= 0.3 is 6.09 Å². The second-order valence-corrected chi connectivity index (χ2v) is 12.1. The smallest absolute Gasteiger partial charge is 0.410 e. The Bertz CT molecular complexity index is 1370. The number of aromatic nitrogens is 4. The molecule has 4 heterocycles. The number of rotatable bonds is 3. The average molecular weight is 505 g/mol. The zero-order valence-electron chi connectivity index (χ0n) is 22.4. The van der Waals surface area contributed by atoms with Crippen LogP contribution in [0.1, 0.15) is 62.9 Å². The molecular formula is C28H36N6O3. The predicted octanol–water partition coefficient (Wildman–Crippen LogP) is 4.12.